The van der Waals surface area contributed by atoms with Gasteiger partial charge >= 0.3 is 0 Å². The van der Waals surface area contributed by atoms with Crippen molar-refractivity contribution < 1.29 is 9.47 Å². The van der Waals surface area contributed by atoms with E-state index in [1.54, 1.807) is 0 Å². The van der Waals surface area contributed by atoms with E-state index in [0.717, 1.165) is 35.1 Å². The van der Waals surface area contributed by atoms with E-state index in [2.05, 4.69) is 9.98 Å². The molecule has 0 aromatic carbocycles. The first-order chi connectivity index (χ1) is 7.74. The van der Waals surface area contributed by atoms with Gasteiger partial charge in [-0.25, -0.2) is 0 Å². The maximum atomic E-state index is 5.59. The molecule has 0 radical (unpaired) electrons. The summed E-state index contributed by atoms with van der Waals surface area (Å²) in [5, 5.41) is 0. The summed E-state index contributed by atoms with van der Waals surface area (Å²) in [6.45, 7) is 5.24. The SMILES string of the molecule is CC1=NC2=CC3=C(CC2N=C1C)OCCO3. The van der Waals surface area contributed by atoms with E-state index in [4.69, 9.17) is 9.47 Å². The van der Waals surface area contributed by atoms with Crippen molar-refractivity contribution in [3.8, 4) is 0 Å². The number of aliphatic imine (C=N–C) groups is 2. The highest BCUT2D eigenvalue weighted by Crippen LogP contribution is 2.32. The third-order valence-electron chi connectivity index (χ3n) is 3.06. The molecule has 0 saturated heterocycles. The van der Waals surface area contributed by atoms with Gasteiger partial charge < -0.3 is 9.47 Å². The van der Waals surface area contributed by atoms with Gasteiger partial charge in [0.1, 0.15) is 19.0 Å². The molecule has 4 heteroatoms. The Morgan fingerprint density at radius 3 is 2.88 bits per heavy atom. The molecule has 3 aliphatic rings. The van der Waals surface area contributed by atoms with E-state index >= 15 is 0 Å². The van der Waals surface area contributed by atoms with Gasteiger partial charge in [0.25, 0.3) is 0 Å². The second-order valence-electron chi connectivity index (χ2n) is 4.19. The molecule has 2 aliphatic heterocycles. The van der Waals surface area contributed by atoms with Crippen molar-refractivity contribution in [2.75, 3.05) is 13.2 Å². The lowest BCUT2D eigenvalue weighted by Gasteiger charge is -2.29. The van der Waals surface area contributed by atoms with Gasteiger partial charge in [0, 0.05) is 12.5 Å². The number of hydrogen-bond acceptors (Lipinski definition) is 4. The molecular weight excluding hydrogens is 204 g/mol. The molecule has 2 heterocycles. The van der Waals surface area contributed by atoms with Crippen LogP contribution in [0.5, 0.6) is 0 Å². The van der Waals surface area contributed by atoms with Crippen molar-refractivity contribution in [1.29, 1.82) is 0 Å². The van der Waals surface area contributed by atoms with Gasteiger partial charge in [-0.15, -0.1) is 0 Å². The molecule has 1 unspecified atom stereocenters. The van der Waals surface area contributed by atoms with E-state index in [1.165, 1.54) is 0 Å². The summed E-state index contributed by atoms with van der Waals surface area (Å²) in [6.07, 6.45) is 2.73. The first kappa shape index (κ1) is 9.63. The lowest BCUT2D eigenvalue weighted by molar-refractivity contribution is 0.0611. The molecule has 0 saturated carbocycles. The molecule has 3 rings (SSSR count). The molecule has 0 aromatic heterocycles. The second-order valence-corrected chi connectivity index (χ2v) is 4.19. The van der Waals surface area contributed by atoms with Gasteiger partial charge in [0.15, 0.2) is 5.76 Å². The minimum atomic E-state index is 0.115. The Bertz CT molecular complexity index is 458. The van der Waals surface area contributed by atoms with Gasteiger partial charge in [-0.05, 0) is 13.8 Å². The average Bonchev–Trinajstić information content (AvgIpc) is 2.28. The molecule has 0 fully saturated rings. The Hall–Kier alpha value is -1.58. The minimum Gasteiger partial charge on any atom is -0.490 e. The van der Waals surface area contributed by atoms with Crippen molar-refractivity contribution in [1.82, 2.24) is 0 Å². The van der Waals surface area contributed by atoms with Crippen LogP contribution in [0.1, 0.15) is 20.3 Å². The lowest BCUT2D eigenvalue weighted by Crippen LogP contribution is -2.26. The van der Waals surface area contributed by atoms with Crippen LogP contribution in [0, 0.1) is 0 Å². The number of hydrogen-bond donors (Lipinski definition) is 0. The third kappa shape index (κ3) is 1.45. The van der Waals surface area contributed by atoms with E-state index in [1.807, 2.05) is 19.9 Å². The molecule has 0 amide bonds. The quantitative estimate of drug-likeness (QED) is 0.622. The molecule has 0 N–H and O–H groups in total. The van der Waals surface area contributed by atoms with Gasteiger partial charge in [-0.1, -0.05) is 0 Å². The largest absolute Gasteiger partial charge is 0.490 e. The van der Waals surface area contributed by atoms with Crippen molar-refractivity contribution in [3.05, 3.63) is 23.3 Å². The third-order valence-corrected chi connectivity index (χ3v) is 3.06. The predicted octanol–water partition coefficient (Wildman–Crippen LogP) is 1.84. The van der Waals surface area contributed by atoms with E-state index in [9.17, 15) is 0 Å². The minimum absolute atomic E-state index is 0.115. The topological polar surface area (TPSA) is 43.2 Å². The molecule has 0 spiro atoms. The fourth-order valence-electron chi connectivity index (χ4n) is 2.08. The molecule has 1 aliphatic carbocycles. The molecule has 4 nitrogen and oxygen atoms in total. The zero-order chi connectivity index (χ0) is 11.1. The van der Waals surface area contributed by atoms with Crippen molar-refractivity contribution in [2.45, 2.75) is 26.3 Å². The van der Waals surface area contributed by atoms with Crippen LogP contribution in [0.4, 0.5) is 0 Å². The summed E-state index contributed by atoms with van der Waals surface area (Å²) in [5.74, 6) is 1.76. The molecular formula is C12H14N2O2. The first-order valence-corrected chi connectivity index (χ1v) is 5.54. The maximum absolute atomic E-state index is 5.59. The predicted molar refractivity (Wildman–Crippen MR) is 61.6 cm³/mol. The number of ether oxygens (including phenoxy) is 2. The second kappa shape index (κ2) is 3.47. The van der Waals surface area contributed by atoms with E-state index < -0.39 is 0 Å². The van der Waals surface area contributed by atoms with Crippen molar-refractivity contribution in [2.24, 2.45) is 9.98 Å². The zero-order valence-electron chi connectivity index (χ0n) is 9.49. The van der Waals surface area contributed by atoms with Crippen LogP contribution < -0.4 is 0 Å². The zero-order valence-corrected chi connectivity index (χ0v) is 9.49. The van der Waals surface area contributed by atoms with Gasteiger partial charge in [0.2, 0.25) is 0 Å². The number of nitrogens with zero attached hydrogens (tertiary/aromatic N) is 2. The number of rotatable bonds is 0. The van der Waals surface area contributed by atoms with Crippen LogP contribution in [0.2, 0.25) is 0 Å². The van der Waals surface area contributed by atoms with Gasteiger partial charge in [0.05, 0.1) is 23.2 Å². The Morgan fingerprint density at radius 2 is 2.00 bits per heavy atom. The summed E-state index contributed by atoms with van der Waals surface area (Å²) in [4.78, 5) is 9.18. The number of fused-ring (bicyclic) bond motifs is 1. The molecule has 16 heavy (non-hydrogen) atoms. The number of allylic oxidation sites excluding steroid dienone is 1. The highest BCUT2D eigenvalue weighted by molar-refractivity contribution is 6.41. The van der Waals surface area contributed by atoms with Crippen LogP contribution >= 0.6 is 0 Å². The molecule has 84 valence electrons. The van der Waals surface area contributed by atoms with Crippen LogP contribution in [0.3, 0.4) is 0 Å². The summed E-state index contributed by atoms with van der Waals surface area (Å²) in [5.41, 5.74) is 3.00. The summed E-state index contributed by atoms with van der Waals surface area (Å²) >= 11 is 0. The highest BCUT2D eigenvalue weighted by Gasteiger charge is 2.29. The summed E-state index contributed by atoms with van der Waals surface area (Å²) in [7, 11) is 0. The summed E-state index contributed by atoms with van der Waals surface area (Å²) < 4.78 is 11.1. The van der Waals surface area contributed by atoms with Gasteiger partial charge in [-0.3, -0.25) is 9.98 Å². The smallest absolute Gasteiger partial charge is 0.159 e. The van der Waals surface area contributed by atoms with Crippen LogP contribution in [0.25, 0.3) is 0 Å². The molecule has 0 aromatic rings. The fourth-order valence-corrected chi connectivity index (χ4v) is 2.08. The standard InChI is InChI=1S/C12H14N2O2/c1-7-8(2)14-10-6-12-11(5-9(10)13-7)15-3-4-16-12/h5,10H,3-4,6H2,1-2H3. The summed E-state index contributed by atoms with van der Waals surface area (Å²) in [6, 6.07) is 0.115. The first-order valence-electron chi connectivity index (χ1n) is 5.54. The normalized spacial score (nSPS) is 27.9. The Labute approximate surface area is 94.4 Å². The Morgan fingerprint density at radius 1 is 1.19 bits per heavy atom. The average molecular weight is 218 g/mol. The highest BCUT2D eigenvalue weighted by atomic mass is 16.6. The molecule has 1 atom stereocenters. The Kier molecular flexibility index (Phi) is 2.09. The van der Waals surface area contributed by atoms with Crippen LogP contribution in [-0.2, 0) is 9.47 Å². The fraction of sp³-hybridized carbons (Fsp3) is 0.500. The monoisotopic (exact) mass is 218 g/mol. The molecule has 0 bridgehead atoms. The maximum Gasteiger partial charge on any atom is 0.159 e. The van der Waals surface area contributed by atoms with Gasteiger partial charge in [-0.2, -0.15) is 0 Å². The van der Waals surface area contributed by atoms with Crippen molar-refractivity contribution in [3.63, 3.8) is 0 Å². The Balaban J connectivity index is 1.99. The van der Waals surface area contributed by atoms with E-state index in [0.29, 0.717) is 13.2 Å². The lowest BCUT2D eigenvalue weighted by atomic mass is 10.00. The van der Waals surface area contributed by atoms with Crippen LogP contribution in [-0.4, -0.2) is 30.7 Å². The van der Waals surface area contributed by atoms with E-state index in [-0.39, 0.29) is 6.04 Å². The van der Waals surface area contributed by atoms with Crippen molar-refractivity contribution >= 4 is 11.4 Å². The van der Waals surface area contributed by atoms with Crippen LogP contribution in [0.15, 0.2) is 33.3 Å².